The monoisotopic (exact) mass is 429 g/mol. The first kappa shape index (κ1) is 21.7. The van der Waals surface area contributed by atoms with Gasteiger partial charge in [0.15, 0.2) is 0 Å². The summed E-state index contributed by atoms with van der Waals surface area (Å²) in [7, 11) is 0. The molecule has 7 nitrogen and oxygen atoms in total. The van der Waals surface area contributed by atoms with Crippen LogP contribution in [0.25, 0.3) is 10.4 Å². The molecule has 0 N–H and O–H groups in total. The summed E-state index contributed by atoms with van der Waals surface area (Å²) < 4.78 is 19.0. The SMILES string of the molecule is [N-]=[N+]=NCCC1C(=C=O)N(Cc2ccc(F)cc2)CCN1COc1ccc(Cl)cc1. The summed E-state index contributed by atoms with van der Waals surface area (Å²) in [5.74, 6) is 2.43. The fraction of sp³-hybridized carbons (Fsp3) is 0.333. The summed E-state index contributed by atoms with van der Waals surface area (Å²) >= 11 is 5.91. The number of carbonyl (C=O) groups excluding carboxylic acids is 1. The number of nitrogens with zero attached hydrogens (tertiary/aromatic N) is 5. The van der Waals surface area contributed by atoms with Crippen molar-refractivity contribution in [2.45, 2.75) is 19.0 Å². The predicted octanol–water partition coefficient (Wildman–Crippen LogP) is 4.42. The first-order valence-corrected chi connectivity index (χ1v) is 9.86. The quantitative estimate of drug-likeness (QED) is 0.269. The van der Waals surface area contributed by atoms with Gasteiger partial charge in [-0.25, -0.2) is 9.18 Å². The Hall–Kier alpha value is -3.02. The van der Waals surface area contributed by atoms with E-state index in [-0.39, 0.29) is 25.1 Å². The summed E-state index contributed by atoms with van der Waals surface area (Å²) in [5, 5.41) is 4.23. The minimum Gasteiger partial charge on any atom is -0.478 e. The Labute approximate surface area is 178 Å². The molecule has 0 spiro atoms. The minimum atomic E-state index is -0.311. The third kappa shape index (κ3) is 5.75. The van der Waals surface area contributed by atoms with Crippen molar-refractivity contribution in [1.82, 2.24) is 9.80 Å². The molecule has 30 heavy (non-hydrogen) atoms. The largest absolute Gasteiger partial charge is 0.478 e. The zero-order valence-corrected chi connectivity index (χ0v) is 17.0. The van der Waals surface area contributed by atoms with Gasteiger partial charge >= 0.3 is 0 Å². The van der Waals surface area contributed by atoms with Gasteiger partial charge < -0.3 is 9.64 Å². The summed E-state index contributed by atoms with van der Waals surface area (Å²) in [6.07, 6.45) is 0.457. The van der Waals surface area contributed by atoms with E-state index in [0.29, 0.717) is 42.5 Å². The normalized spacial score (nSPS) is 16.7. The van der Waals surface area contributed by atoms with E-state index in [2.05, 4.69) is 16.0 Å². The van der Waals surface area contributed by atoms with Crippen molar-refractivity contribution < 1.29 is 13.9 Å². The maximum absolute atomic E-state index is 13.2. The molecule has 156 valence electrons. The van der Waals surface area contributed by atoms with Crippen molar-refractivity contribution in [3.05, 3.63) is 81.1 Å². The zero-order chi connectivity index (χ0) is 21.3. The van der Waals surface area contributed by atoms with Crippen LogP contribution in [-0.4, -0.2) is 48.1 Å². The molecule has 1 unspecified atom stereocenters. The lowest BCUT2D eigenvalue weighted by Gasteiger charge is -2.42. The molecule has 1 aliphatic heterocycles. The van der Waals surface area contributed by atoms with Crippen LogP contribution in [0.1, 0.15) is 12.0 Å². The second-order valence-electron chi connectivity index (χ2n) is 6.83. The van der Waals surface area contributed by atoms with Gasteiger partial charge in [-0.2, -0.15) is 0 Å². The molecule has 1 fully saturated rings. The van der Waals surface area contributed by atoms with E-state index >= 15 is 0 Å². The van der Waals surface area contributed by atoms with Crippen molar-refractivity contribution in [3.8, 4) is 5.75 Å². The third-order valence-corrected chi connectivity index (χ3v) is 5.17. The summed E-state index contributed by atoms with van der Waals surface area (Å²) in [6.45, 7) is 2.20. The highest BCUT2D eigenvalue weighted by atomic mass is 35.5. The molecule has 2 aromatic rings. The average molecular weight is 430 g/mol. The number of halogens is 2. The number of rotatable bonds is 8. The molecule has 0 aliphatic carbocycles. The van der Waals surface area contributed by atoms with Crippen LogP contribution in [-0.2, 0) is 11.3 Å². The first-order chi connectivity index (χ1) is 14.6. The van der Waals surface area contributed by atoms with Gasteiger partial charge in [-0.1, -0.05) is 28.8 Å². The van der Waals surface area contributed by atoms with Gasteiger partial charge in [-0.15, -0.1) is 0 Å². The lowest BCUT2D eigenvalue weighted by atomic mass is 10.0. The highest BCUT2D eigenvalue weighted by Crippen LogP contribution is 2.25. The Morgan fingerprint density at radius 1 is 1.20 bits per heavy atom. The summed E-state index contributed by atoms with van der Waals surface area (Å²) in [4.78, 5) is 18.6. The van der Waals surface area contributed by atoms with E-state index in [1.807, 2.05) is 9.80 Å². The first-order valence-electron chi connectivity index (χ1n) is 9.48. The molecule has 9 heteroatoms. The fourth-order valence-corrected chi connectivity index (χ4v) is 3.53. The van der Waals surface area contributed by atoms with E-state index in [0.717, 1.165) is 5.56 Å². The lowest BCUT2D eigenvalue weighted by Crippen LogP contribution is -2.52. The van der Waals surface area contributed by atoms with Crippen molar-refractivity contribution in [2.24, 2.45) is 5.11 Å². The predicted molar refractivity (Wildman–Crippen MR) is 112 cm³/mol. The number of benzene rings is 2. The molecular weight excluding hydrogens is 409 g/mol. The lowest BCUT2D eigenvalue weighted by molar-refractivity contribution is 0.0453. The van der Waals surface area contributed by atoms with E-state index in [1.54, 1.807) is 36.4 Å². The zero-order valence-electron chi connectivity index (χ0n) is 16.2. The van der Waals surface area contributed by atoms with Crippen LogP contribution < -0.4 is 4.74 Å². The number of hydrogen-bond donors (Lipinski definition) is 0. The highest BCUT2D eigenvalue weighted by Gasteiger charge is 2.32. The number of piperazine rings is 1. The molecule has 1 saturated heterocycles. The Bertz CT molecular complexity index is 941. The Balaban J connectivity index is 1.73. The average Bonchev–Trinajstić information content (AvgIpc) is 2.76. The van der Waals surface area contributed by atoms with Crippen LogP contribution in [0.4, 0.5) is 4.39 Å². The Morgan fingerprint density at radius 2 is 1.93 bits per heavy atom. The molecule has 0 bridgehead atoms. The molecule has 0 saturated carbocycles. The molecule has 0 aromatic heterocycles. The van der Waals surface area contributed by atoms with Crippen molar-refractivity contribution in [3.63, 3.8) is 0 Å². The summed E-state index contributed by atoms with van der Waals surface area (Å²) in [5.41, 5.74) is 9.98. The molecule has 1 atom stereocenters. The van der Waals surface area contributed by atoms with Crippen molar-refractivity contribution >= 4 is 17.5 Å². The standard InChI is InChI=1S/C21H21ClFN5O2/c22-17-3-7-19(8-4-17)30-15-28-12-11-27(13-16-1-5-18(23)6-2-16)21(14-29)20(28)9-10-25-26-24/h1-8,20H,9-13,15H2. The van der Waals surface area contributed by atoms with Gasteiger partial charge in [0.05, 0.1) is 6.04 Å². The molecule has 1 heterocycles. The number of ether oxygens (including phenoxy) is 1. The van der Waals surface area contributed by atoms with Crippen molar-refractivity contribution in [2.75, 3.05) is 26.4 Å². The molecule has 3 rings (SSSR count). The second kappa shape index (κ2) is 10.7. The van der Waals surface area contributed by atoms with Crippen LogP contribution in [0.3, 0.4) is 0 Å². The topological polar surface area (TPSA) is 81.5 Å². The number of hydrogen-bond acceptors (Lipinski definition) is 5. The van der Waals surface area contributed by atoms with Gasteiger partial charge in [-0.3, -0.25) is 4.90 Å². The van der Waals surface area contributed by atoms with Gasteiger partial charge in [-0.05, 0) is 53.9 Å². The second-order valence-corrected chi connectivity index (χ2v) is 7.27. The molecule has 2 aromatic carbocycles. The molecule has 1 aliphatic rings. The van der Waals surface area contributed by atoms with Crippen LogP contribution in [0.15, 0.2) is 59.3 Å². The number of azide groups is 1. The highest BCUT2D eigenvalue weighted by molar-refractivity contribution is 6.30. The van der Waals surface area contributed by atoms with Gasteiger partial charge in [0.1, 0.15) is 29.9 Å². The molecule has 0 amide bonds. The van der Waals surface area contributed by atoms with E-state index in [4.69, 9.17) is 21.9 Å². The van der Waals surface area contributed by atoms with E-state index in [9.17, 15) is 9.18 Å². The minimum absolute atomic E-state index is 0.244. The van der Waals surface area contributed by atoms with E-state index < -0.39 is 0 Å². The molecule has 0 radical (unpaired) electrons. The summed E-state index contributed by atoms with van der Waals surface area (Å²) in [6, 6.07) is 12.9. The van der Waals surface area contributed by atoms with Crippen LogP contribution in [0, 0.1) is 5.82 Å². The maximum Gasteiger partial charge on any atom is 0.147 e. The van der Waals surface area contributed by atoms with Gasteiger partial charge in [0.25, 0.3) is 0 Å². The van der Waals surface area contributed by atoms with Gasteiger partial charge in [0, 0.05) is 36.1 Å². The maximum atomic E-state index is 13.2. The van der Waals surface area contributed by atoms with Crippen molar-refractivity contribution in [1.29, 1.82) is 0 Å². The van der Waals surface area contributed by atoms with Gasteiger partial charge in [0.2, 0.25) is 0 Å². The fourth-order valence-electron chi connectivity index (χ4n) is 3.40. The smallest absolute Gasteiger partial charge is 0.147 e. The Kier molecular flexibility index (Phi) is 7.71. The Morgan fingerprint density at radius 3 is 2.60 bits per heavy atom. The molecular formula is C21H21ClFN5O2. The van der Waals surface area contributed by atoms with Crippen LogP contribution in [0.5, 0.6) is 5.75 Å². The van der Waals surface area contributed by atoms with Crippen LogP contribution >= 0.6 is 11.6 Å². The van der Waals surface area contributed by atoms with Crippen LogP contribution in [0.2, 0.25) is 5.02 Å². The third-order valence-electron chi connectivity index (χ3n) is 4.92. The van der Waals surface area contributed by atoms with E-state index in [1.165, 1.54) is 12.1 Å².